The highest BCUT2D eigenvalue weighted by Gasteiger charge is 2.17. The quantitative estimate of drug-likeness (QED) is 0.742. The first-order valence-corrected chi connectivity index (χ1v) is 9.58. The van der Waals surface area contributed by atoms with Crippen LogP contribution in [-0.4, -0.2) is 37.7 Å². The van der Waals surface area contributed by atoms with Gasteiger partial charge in [-0.25, -0.2) is 0 Å². The molecule has 0 saturated carbocycles. The SMILES string of the molecule is Cc1cc(OCC(=O)Nc2cccc(C(=O)NC[C@@H]3CCCO3)c2)ccc1Cl. The third kappa shape index (κ3) is 5.71. The average Bonchev–Trinajstić information content (AvgIpc) is 3.21. The van der Waals surface area contributed by atoms with Crippen molar-refractivity contribution in [2.45, 2.75) is 25.9 Å². The molecule has 0 bridgehead atoms. The van der Waals surface area contributed by atoms with Gasteiger partial charge < -0.3 is 20.1 Å². The smallest absolute Gasteiger partial charge is 0.262 e. The van der Waals surface area contributed by atoms with Crippen LogP contribution in [0, 0.1) is 6.92 Å². The number of halogens is 1. The number of carbonyl (C=O) groups excluding carboxylic acids is 2. The van der Waals surface area contributed by atoms with Crippen molar-refractivity contribution >= 4 is 29.1 Å². The second-order valence-electron chi connectivity index (χ2n) is 6.67. The molecule has 2 aromatic carbocycles. The van der Waals surface area contributed by atoms with Crippen LogP contribution in [0.4, 0.5) is 5.69 Å². The number of anilines is 1. The summed E-state index contributed by atoms with van der Waals surface area (Å²) in [5, 5.41) is 6.25. The maximum atomic E-state index is 12.3. The normalized spacial score (nSPS) is 15.9. The van der Waals surface area contributed by atoms with Gasteiger partial charge in [-0.15, -0.1) is 0 Å². The summed E-state index contributed by atoms with van der Waals surface area (Å²) in [5.41, 5.74) is 1.89. The van der Waals surface area contributed by atoms with Crippen LogP contribution in [0.3, 0.4) is 0 Å². The highest BCUT2D eigenvalue weighted by Crippen LogP contribution is 2.21. The third-order valence-electron chi connectivity index (χ3n) is 4.42. The second-order valence-corrected chi connectivity index (χ2v) is 7.08. The van der Waals surface area contributed by atoms with Gasteiger partial charge in [-0.05, 0) is 61.7 Å². The Labute approximate surface area is 169 Å². The van der Waals surface area contributed by atoms with E-state index in [0.29, 0.717) is 28.6 Å². The molecule has 2 aromatic rings. The van der Waals surface area contributed by atoms with E-state index in [0.717, 1.165) is 25.0 Å². The molecule has 7 heteroatoms. The molecule has 1 fully saturated rings. The van der Waals surface area contributed by atoms with E-state index >= 15 is 0 Å². The van der Waals surface area contributed by atoms with Gasteiger partial charge in [0.15, 0.2) is 6.61 Å². The maximum absolute atomic E-state index is 12.3. The molecule has 1 aliphatic heterocycles. The van der Waals surface area contributed by atoms with Crippen molar-refractivity contribution in [3.05, 3.63) is 58.6 Å². The Morgan fingerprint density at radius 1 is 1.25 bits per heavy atom. The van der Waals surface area contributed by atoms with Gasteiger partial charge in [0.05, 0.1) is 6.10 Å². The Kier molecular flexibility index (Phi) is 6.90. The van der Waals surface area contributed by atoms with Crippen molar-refractivity contribution in [1.29, 1.82) is 0 Å². The summed E-state index contributed by atoms with van der Waals surface area (Å²) in [6.45, 7) is 2.96. The molecule has 3 rings (SSSR count). The molecule has 0 aromatic heterocycles. The first kappa shape index (κ1) is 20.2. The molecular formula is C21H23ClN2O4. The molecule has 1 atom stereocenters. The topological polar surface area (TPSA) is 76.7 Å². The number of benzene rings is 2. The molecule has 28 heavy (non-hydrogen) atoms. The van der Waals surface area contributed by atoms with Gasteiger partial charge in [0.25, 0.3) is 11.8 Å². The summed E-state index contributed by atoms with van der Waals surface area (Å²) in [7, 11) is 0. The van der Waals surface area contributed by atoms with Gasteiger partial charge in [-0.2, -0.15) is 0 Å². The molecule has 0 spiro atoms. The fourth-order valence-corrected chi connectivity index (χ4v) is 3.02. The minimum absolute atomic E-state index is 0.0838. The second kappa shape index (κ2) is 9.57. The largest absolute Gasteiger partial charge is 0.484 e. The Balaban J connectivity index is 1.50. The molecule has 2 N–H and O–H groups in total. The minimum atomic E-state index is -0.315. The highest BCUT2D eigenvalue weighted by atomic mass is 35.5. The van der Waals surface area contributed by atoms with Crippen molar-refractivity contribution in [1.82, 2.24) is 5.32 Å². The number of hydrogen-bond donors (Lipinski definition) is 2. The van der Waals surface area contributed by atoms with Crippen molar-refractivity contribution in [3.63, 3.8) is 0 Å². The molecule has 0 radical (unpaired) electrons. The van der Waals surface area contributed by atoms with Crippen LogP contribution >= 0.6 is 11.6 Å². The first-order valence-electron chi connectivity index (χ1n) is 9.20. The van der Waals surface area contributed by atoms with Crippen LogP contribution < -0.4 is 15.4 Å². The van der Waals surface area contributed by atoms with E-state index < -0.39 is 0 Å². The fourth-order valence-electron chi connectivity index (χ4n) is 2.91. The van der Waals surface area contributed by atoms with E-state index in [1.165, 1.54) is 0 Å². The molecule has 148 valence electrons. The summed E-state index contributed by atoms with van der Waals surface area (Å²) in [4.78, 5) is 24.4. The van der Waals surface area contributed by atoms with Crippen molar-refractivity contribution in [2.24, 2.45) is 0 Å². The molecule has 1 heterocycles. The van der Waals surface area contributed by atoms with E-state index in [1.807, 2.05) is 6.92 Å². The summed E-state index contributed by atoms with van der Waals surface area (Å²) in [5.74, 6) is 0.0586. The zero-order chi connectivity index (χ0) is 19.9. The van der Waals surface area contributed by atoms with E-state index in [-0.39, 0.29) is 24.5 Å². The van der Waals surface area contributed by atoms with E-state index in [2.05, 4.69) is 10.6 Å². The molecule has 1 saturated heterocycles. The lowest BCUT2D eigenvalue weighted by Crippen LogP contribution is -2.31. The standard InChI is InChI=1S/C21H23ClN2O4/c1-14-10-17(7-8-19(14)22)28-13-20(25)24-16-5-2-4-15(11-16)21(26)23-12-18-6-3-9-27-18/h2,4-5,7-8,10-11,18H,3,6,9,12-13H2,1H3,(H,23,26)(H,24,25)/t18-/m0/s1. The first-order chi connectivity index (χ1) is 13.5. The van der Waals surface area contributed by atoms with Crippen LogP contribution in [-0.2, 0) is 9.53 Å². The average molecular weight is 403 g/mol. The minimum Gasteiger partial charge on any atom is -0.484 e. The Hall–Kier alpha value is -2.57. The van der Waals surface area contributed by atoms with Crippen LogP contribution in [0.5, 0.6) is 5.75 Å². The van der Waals surface area contributed by atoms with Crippen molar-refractivity contribution < 1.29 is 19.1 Å². The van der Waals surface area contributed by atoms with Gasteiger partial charge in [0.2, 0.25) is 0 Å². The number of amides is 2. The van der Waals surface area contributed by atoms with Gasteiger partial charge in [-0.1, -0.05) is 17.7 Å². The molecule has 1 aliphatic rings. The summed E-state index contributed by atoms with van der Waals surface area (Å²) in [6, 6.07) is 12.0. The fraction of sp³-hybridized carbons (Fsp3) is 0.333. The highest BCUT2D eigenvalue weighted by molar-refractivity contribution is 6.31. The lowest BCUT2D eigenvalue weighted by Gasteiger charge is -2.12. The van der Waals surface area contributed by atoms with Crippen LogP contribution in [0.25, 0.3) is 0 Å². The molecule has 0 unspecified atom stereocenters. The Morgan fingerprint density at radius 3 is 2.86 bits per heavy atom. The van der Waals surface area contributed by atoms with E-state index in [4.69, 9.17) is 21.1 Å². The number of carbonyl (C=O) groups is 2. The van der Waals surface area contributed by atoms with Crippen LogP contribution in [0.2, 0.25) is 5.02 Å². The lowest BCUT2D eigenvalue weighted by atomic mass is 10.1. The van der Waals surface area contributed by atoms with Gasteiger partial charge in [0.1, 0.15) is 5.75 Å². The predicted molar refractivity (Wildman–Crippen MR) is 108 cm³/mol. The predicted octanol–water partition coefficient (Wildman–Crippen LogP) is 3.57. The summed E-state index contributed by atoms with van der Waals surface area (Å²) >= 11 is 5.98. The molecule has 6 nitrogen and oxygen atoms in total. The number of aryl methyl sites for hydroxylation is 1. The third-order valence-corrected chi connectivity index (χ3v) is 4.85. The number of rotatable bonds is 7. The molecular weight excluding hydrogens is 380 g/mol. The number of nitrogens with one attached hydrogen (secondary N) is 2. The van der Waals surface area contributed by atoms with Crippen LogP contribution in [0.15, 0.2) is 42.5 Å². The van der Waals surface area contributed by atoms with Gasteiger partial charge in [0, 0.05) is 29.4 Å². The molecule has 0 aliphatic carbocycles. The number of hydrogen-bond acceptors (Lipinski definition) is 4. The number of ether oxygens (including phenoxy) is 2. The Morgan fingerprint density at radius 2 is 2.11 bits per heavy atom. The lowest BCUT2D eigenvalue weighted by molar-refractivity contribution is -0.118. The molecule has 2 amide bonds. The monoisotopic (exact) mass is 402 g/mol. The summed E-state index contributed by atoms with van der Waals surface area (Å²) in [6.07, 6.45) is 2.07. The van der Waals surface area contributed by atoms with E-state index in [1.54, 1.807) is 42.5 Å². The van der Waals surface area contributed by atoms with Gasteiger partial charge in [-0.3, -0.25) is 9.59 Å². The van der Waals surface area contributed by atoms with Crippen molar-refractivity contribution in [2.75, 3.05) is 25.1 Å². The zero-order valence-electron chi connectivity index (χ0n) is 15.7. The maximum Gasteiger partial charge on any atom is 0.262 e. The van der Waals surface area contributed by atoms with E-state index in [9.17, 15) is 9.59 Å². The van der Waals surface area contributed by atoms with Gasteiger partial charge >= 0.3 is 0 Å². The Bertz CT molecular complexity index is 850. The van der Waals surface area contributed by atoms with Crippen molar-refractivity contribution in [3.8, 4) is 5.75 Å². The zero-order valence-corrected chi connectivity index (χ0v) is 16.4. The summed E-state index contributed by atoms with van der Waals surface area (Å²) < 4.78 is 11.0. The van der Waals surface area contributed by atoms with Crippen LogP contribution in [0.1, 0.15) is 28.8 Å².